The van der Waals surface area contributed by atoms with E-state index < -0.39 is 32.1 Å². The molecule has 0 spiro atoms. The maximum absolute atomic E-state index is 15.1. The Labute approximate surface area is 313 Å². The number of benzene rings is 4. The lowest BCUT2D eigenvalue weighted by Crippen LogP contribution is -2.63. The summed E-state index contributed by atoms with van der Waals surface area (Å²) >= 11 is 0. The van der Waals surface area contributed by atoms with E-state index in [1.165, 1.54) is 0 Å². The third kappa shape index (κ3) is 8.70. The summed E-state index contributed by atoms with van der Waals surface area (Å²) in [5.41, 5.74) is 7.00. The number of rotatable bonds is 12. The van der Waals surface area contributed by atoms with E-state index in [1.807, 2.05) is 116 Å². The first kappa shape index (κ1) is 39.8. The Hall–Kier alpha value is -3.38. The second kappa shape index (κ2) is 16.7. The van der Waals surface area contributed by atoms with Gasteiger partial charge in [0.25, 0.3) is 0 Å². The zero-order valence-corrected chi connectivity index (χ0v) is 33.8. The summed E-state index contributed by atoms with van der Waals surface area (Å²) in [6, 6.07) is 26.7. The minimum atomic E-state index is -4.07. The van der Waals surface area contributed by atoms with Crippen LogP contribution in [0.2, 0.25) is 0 Å². The van der Waals surface area contributed by atoms with E-state index in [2.05, 4.69) is 34.1 Å². The largest absolute Gasteiger partial charge is 0.296 e. The summed E-state index contributed by atoms with van der Waals surface area (Å²) in [6.07, 6.45) is 0. The van der Waals surface area contributed by atoms with E-state index >= 15 is 16.8 Å². The van der Waals surface area contributed by atoms with Gasteiger partial charge in [0.15, 0.2) is 0 Å². The monoisotopic (exact) mass is 744 g/mol. The van der Waals surface area contributed by atoms with Gasteiger partial charge in [0.05, 0.1) is 21.9 Å². The van der Waals surface area contributed by atoms with Gasteiger partial charge in [0.2, 0.25) is 20.0 Å². The smallest absolute Gasteiger partial charge is 0.243 e. The lowest BCUT2D eigenvalue weighted by molar-refractivity contribution is 0.0678. The second-order valence-electron chi connectivity index (χ2n) is 14.4. The van der Waals surface area contributed by atoms with Gasteiger partial charge in [-0.15, -0.1) is 0 Å². The van der Waals surface area contributed by atoms with Crippen LogP contribution in [0.25, 0.3) is 0 Å². The predicted molar refractivity (Wildman–Crippen MR) is 211 cm³/mol. The van der Waals surface area contributed by atoms with Crippen LogP contribution in [-0.4, -0.2) is 86.6 Å². The molecule has 4 aromatic carbocycles. The molecule has 0 N–H and O–H groups in total. The zero-order chi connectivity index (χ0) is 37.8. The molecule has 1 fully saturated rings. The van der Waals surface area contributed by atoms with Gasteiger partial charge in [-0.25, -0.2) is 16.8 Å². The number of aryl methyl sites for hydroxylation is 6. The third-order valence-corrected chi connectivity index (χ3v) is 14.9. The van der Waals surface area contributed by atoms with Crippen molar-refractivity contribution >= 4 is 20.0 Å². The van der Waals surface area contributed by atoms with Gasteiger partial charge >= 0.3 is 0 Å². The average Bonchev–Trinajstić information content (AvgIpc) is 3.05. The minimum Gasteiger partial charge on any atom is -0.296 e. The molecule has 0 bridgehead atoms. The topological polar surface area (TPSA) is 81.2 Å². The normalized spacial score (nSPS) is 18.1. The van der Waals surface area contributed by atoms with E-state index in [1.54, 1.807) is 8.61 Å². The molecule has 1 heterocycles. The summed E-state index contributed by atoms with van der Waals surface area (Å²) in [5, 5.41) is 0. The van der Waals surface area contributed by atoms with Gasteiger partial charge in [-0.3, -0.25) is 9.80 Å². The second-order valence-corrected chi connectivity index (χ2v) is 18.1. The first-order valence-electron chi connectivity index (χ1n) is 18.4. The molecule has 0 amide bonds. The average molecular weight is 745 g/mol. The fourth-order valence-electron chi connectivity index (χ4n) is 8.32. The van der Waals surface area contributed by atoms with E-state index in [4.69, 9.17) is 0 Å². The highest BCUT2D eigenvalue weighted by Gasteiger charge is 2.45. The van der Waals surface area contributed by atoms with E-state index in [-0.39, 0.29) is 13.1 Å². The van der Waals surface area contributed by atoms with Gasteiger partial charge in [-0.2, -0.15) is 8.61 Å². The van der Waals surface area contributed by atoms with Gasteiger partial charge in [-0.1, -0.05) is 110 Å². The number of hydrogen-bond acceptors (Lipinski definition) is 6. The highest BCUT2D eigenvalue weighted by molar-refractivity contribution is 7.89. The van der Waals surface area contributed by atoms with Crippen LogP contribution in [0.4, 0.5) is 0 Å². The molecular weight excluding hydrogens is 689 g/mol. The van der Waals surface area contributed by atoms with Crippen LogP contribution in [0, 0.1) is 41.5 Å². The van der Waals surface area contributed by atoms with Crippen LogP contribution in [0.3, 0.4) is 0 Å². The molecule has 1 aliphatic rings. The predicted octanol–water partition coefficient (Wildman–Crippen LogP) is 7.01. The van der Waals surface area contributed by atoms with Crippen molar-refractivity contribution in [1.82, 2.24) is 18.4 Å². The van der Waals surface area contributed by atoms with Crippen molar-refractivity contribution in [2.45, 2.75) is 90.4 Å². The summed E-state index contributed by atoms with van der Waals surface area (Å²) in [6.45, 7) is 18.8. The van der Waals surface area contributed by atoms with E-state index in [0.29, 0.717) is 71.3 Å². The molecule has 10 heteroatoms. The van der Waals surface area contributed by atoms with Crippen LogP contribution < -0.4 is 0 Å². The van der Waals surface area contributed by atoms with Gasteiger partial charge < -0.3 is 0 Å². The van der Waals surface area contributed by atoms with Crippen LogP contribution in [0.1, 0.15) is 58.4 Å². The number of hydrogen-bond donors (Lipinski definition) is 0. The highest BCUT2D eigenvalue weighted by Crippen LogP contribution is 2.33. The Morgan fingerprint density at radius 2 is 0.846 bits per heavy atom. The molecule has 4 aromatic rings. The van der Waals surface area contributed by atoms with Crippen LogP contribution in [0.5, 0.6) is 0 Å². The van der Waals surface area contributed by atoms with Gasteiger partial charge in [0.1, 0.15) is 0 Å². The summed E-state index contributed by atoms with van der Waals surface area (Å²) < 4.78 is 63.6. The molecular formula is C42H56N4O4S2. The molecule has 8 nitrogen and oxygen atoms in total. The summed E-state index contributed by atoms with van der Waals surface area (Å²) in [5.74, 6) is 0. The van der Waals surface area contributed by atoms with Crippen molar-refractivity contribution in [3.05, 3.63) is 129 Å². The molecule has 2 atom stereocenters. The quantitative estimate of drug-likeness (QED) is 0.155. The SMILES string of the molecule is CCN([C@H]1CN(Cc2ccccc2)CCN(Cc2ccccc2)C[C@@H]1N(CC)S(=O)(=O)c1c(C)cc(C)cc1C)S(=O)(=O)c1c(C)cc(C)cc1C. The molecule has 0 radical (unpaired) electrons. The lowest BCUT2D eigenvalue weighted by Gasteiger charge is -2.46. The zero-order valence-electron chi connectivity index (χ0n) is 32.1. The third-order valence-electron chi connectivity index (χ3n) is 10.3. The maximum atomic E-state index is 15.1. The molecule has 0 aliphatic carbocycles. The van der Waals surface area contributed by atoms with Crippen molar-refractivity contribution < 1.29 is 16.8 Å². The van der Waals surface area contributed by atoms with Gasteiger partial charge in [0, 0.05) is 52.4 Å². The van der Waals surface area contributed by atoms with Crippen molar-refractivity contribution in [3.63, 3.8) is 0 Å². The van der Waals surface area contributed by atoms with Crippen molar-refractivity contribution in [3.8, 4) is 0 Å². The molecule has 0 aromatic heterocycles. The molecule has 280 valence electrons. The maximum Gasteiger partial charge on any atom is 0.243 e. The molecule has 0 unspecified atom stereocenters. The first-order chi connectivity index (χ1) is 24.7. The Bertz CT molecular complexity index is 1860. The fourth-order valence-corrected chi connectivity index (χ4v) is 12.5. The summed E-state index contributed by atoms with van der Waals surface area (Å²) in [4.78, 5) is 5.21. The number of sulfonamides is 2. The Kier molecular flexibility index (Phi) is 12.8. The molecule has 1 aliphatic heterocycles. The van der Waals surface area contributed by atoms with Crippen LogP contribution >= 0.6 is 0 Å². The highest BCUT2D eigenvalue weighted by atomic mass is 32.2. The first-order valence-corrected chi connectivity index (χ1v) is 21.3. The fraction of sp³-hybridized carbons (Fsp3) is 0.429. The number of nitrogens with zero attached hydrogens (tertiary/aromatic N) is 4. The Morgan fingerprint density at radius 1 is 0.538 bits per heavy atom. The number of likely N-dealkylation sites (N-methyl/N-ethyl adjacent to an activating group) is 2. The van der Waals surface area contributed by atoms with E-state index in [9.17, 15) is 0 Å². The standard InChI is InChI=1S/C42H56N4O4S2/c1-9-45(51(47,48)41-33(5)23-31(3)24-34(41)6)39-29-43(27-37-17-13-11-14-18-37)21-22-44(28-38-19-15-12-16-20-38)30-40(39)46(10-2)52(49,50)42-35(7)25-32(4)26-36(42)8/h11-20,23-26,39-40H,9-10,21-22,27-30H2,1-8H3/t39-,40-/m0/s1. The Balaban J connectivity index is 1.72. The molecule has 5 rings (SSSR count). The van der Waals surface area contributed by atoms with Crippen LogP contribution in [-0.2, 0) is 33.1 Å². The van der Waals surface area contributed by atoms with Crippen molar-refractivity contribution in [1.29, 1.82) is 0 Å². The van der Waals surface area contributed by atoms with E-state index in [0.717, 1.165) is 22.3 Å². The summed E-state index contributed by atoms with van der Waals surface area (Å²) in [7, 11) is -8.14. The lowest BCUT2D eigenvalue weighted by atomic mass is 10.0. The van der Waals surface area contributed by atoms with Gasteiger partial charge in [-0.05, 0) is 74.9 Å². The molecule has 1 saturated heterocycles. The molecule has 52 heavy (non-hydrogen) atoms. The Morgan fingerprint density at radius 3 is 1.13 bits per heavy atom. The molecule has 0 saturated carbocycles. The van der Waals surface area contributed by atoms with Crippen LogP contribution in [0.15, 0.2) is 94.7 Å². The van der Waals surface area contributed by atoms with Crippen molar-refractivity contribution in [2.75, 3.05) is 39.3 Å². The van der Waals surface area contributed by atoms with Crippen molar-refractivity contribution in [2.24, 2.45) is 0 Å². The minimum absolute atomic E-state index is 0.189.